The van der Waals surface area contributed by atoms with Gasteiger partial charge in [0, 0.05) is 36.6 Å². The molecule has 0 unspecified atom stereocenters. The van der Waals surface area contributed by atoms with Crippen LogP contribution in [0.15, 0.2) is 30.5 Å². The zero-order chi connectivity index (χ0) is 22.1. The van der Waals surface area contributed by atoms with Crippen molar-refractivity contribution in [2.45, 2.75) is 20.3 Å². The number of ether oxygens (including phenoxy) is 3. The predicted molar refractivity (Wildman–Crippen MR) is 117 cm³/mol. The number of methoxy groups -OCH3 is 3. The highest BCUT2D eigenvalue weighted by atomic mass is 16.5. The third-order valence-electron chi connectivity index (χ3n) is 5.54. The second kappa shape index (κ2) is 8.29. The van der Waals surface area contributed by atoms with Crippen LogP contribution in [0.2, 0.25) is 0 Å². The lowest BCUT2D eigenvalue weighted by Gasteiger charge is -2.27. The molecule has 1 aromatic carbocycles. The maximum atomic E-state index is 13.2. The van der Waals surface area contributed by atoms with Crippen molar-refractivity contribution in [2.75, 3.05) is 34.4 Å². The summed E-state index contributed by atoms with van der Waals surface area (Å²) in [7, 11) is 4.85. The molecule has 0 spiro atoms. The Hall–Kier alpha value is -3.55. The van der Waals surface area contributed by atoms with Gasteiger partial charge in [-0.15, -0.1) is 0 Å². The van der Waals surface area contributed by atoms with E-state index >= 15 is 0 Å². The topological polar surface area (TPSA) is 78.2 Å². The molecule has 0 saturated heterocycles. The second-order valence-electron chi connectivity index (χ2n) is 7.47. The maximum absolute atomic E-state index is 13.2. The standard InChI is InChI=1S/C23H26N4O4/c1-14-10-15(2)27-22(25-14)18(13-24-27)23(28)26-8-6-16(7-9-26)21-19(30-4)11-17(29-3)12-20(21)31-5/h6,10-13H,7-9H2,1-5H3. The van der Waals surface area contributed by atoms with Gasteiger partial charge >= 0.3 is 0 Å². The van der Waals surface area contributed by atoms with Crippen molar-refractivity contribution in [1.29, 1.82) is 0 Å². The average molecular weight is 422 g/mol. The number of rotatable bonds is 5. The van der Waals surface area contributed by atoms with Gasteiger partial charge in [0.15, 0.2) is 5.65 Å². The van der Waals surface area contributed by atoms with Gasteiger partial charge in [0.1, 0.15) is 22.8 Å². The number of amides is 1. The molecule has 0 radical (unpaired) electrons. The molecule has 31 heavy (non-hydrogen) atoms. The molecule has 0 N–H and O–H groups in total. The minimum absolute atomic E-state index is 0.0727. The Kier molecular flexibility index (Phi) is 5.54. The summed E-state index contributed by atoms with van der Waals surface area (Å²) in [5.41, 5.74) is 4.88. The number of hydrogen-bond acceptors (Lipinski definition) is 6. The first kappa shape index (κ1) is 20.7. The van der Waals surface area contributed by atoms with Gasteiger partial charge in [0.2, 0.25) is 0 Å². The lowest BCUT2D eigenvalue weighted by molar-refractivity contribution is 0.0774. The van der Waals surface area contributed by atoms with Crippen LogP contribution in [0.3, 0.4) is 0 Å². The number of aromatic nitrogens is 3. The van der Waals surface area contributed by atoms with Gasteiger partial charge in [-0.3, -0.25) is 4.79 Å². The molecular formula is C23H26N4O4. The van der Waals surface area contributed by atoms with E-state index in [9.17, 15) is 4.79 Å². The lowest BCUT2D eigenvalue weighted by Crippen LogP contribution is -2.34. The van der Waals surface area contributed by atoms with Crippen molar-refractivity contribution in [3.05, 3.63) is 53.0 Å². The Balaban J connectivity index is 1.63. The number of benzene rings is 1. The molecular weight excluding hydrogens is 396 g/mol. The Morgan fingerprint density at radius 2 is 1.74 bits per heavy atom. The summed E-state index contributed by atoms with van der Waals surface area (Å²) < 4.78 is 18.2. The Bertz CT molecular complexity index is 1160. The van der Waals surface area contributed by atoms with Crippen LogP contribution in [0.25, 0.3) is 11.2 Å². The largest absolute Gasteiger partial charge is 0.496 e. The van der Waals surface area contributed by atoms with E-state index in [2.05, 4.69) is 10.1 Å². The highest BCUT2D eigenvalue weighted by Crippen LogP contribution is 2.41. The molecule has 3 heterocycles. The molecule has 8 nitrogen and oxygen atoms in total. The van der Waals surface area contributed by atoms with Crippen LogP contribution >= 0.6 is 0 Å². The van der Waals surface area contributed by atoms with Gasteiger partial charge in [-0.05, 0) is 31.9 Å². The predicted octanol–water partition coefficient (Wildman–Crippen LogP) is 3.30. The third kappa shape index (κ3) is 3.69. The molecule has 1 aliphatic rings. The van der Waals surface area contributed by atoms with E-state index in [1.54, 1.807) is 32.0 Å². The summed E-state index contributed by atoms with van der Waals surface area (Å²) in [6.45, 7) is 4.92. The van der Waals surface area contributed by atoms with E-state index in [1.807, 2.05) is 43.0 Å². The molecule has 3 aromatic rings. The zero-order valence-corrected chi connectivity index (χ0v) is 18.4. The van der Waals surface area contributed by atoms with E-state index < -0.39 is 0 Å². The van der Waals surface area contributed by atoms with Crippen molar-refractivity contribution in [2.24, 2.45) is 0 Å². The molecule has 0 saturated carbocycles. The Morgan fingerprint density at radius 3 is 2.32 bits per heavy atom. The van der Waals surface area contributed by atoms with Gasteiger partial charge < -0.3 is 19.1 Å². The summed E-state index contributed by atoms with van der Waals surface area (Å²) in [5.74, 6) is 1.95. The van der Waals surface area contributed by atoms with Crippen molar-refractivity contribution in [1.82, 2.24) is 19.5 Å². The van der Waals surface area contributed by atoms with Crippen LogP contribution < -0.4 is 14.2 Å². The first-order valence-corrected chi connectivity index (χ1v) is 10.1. The van der Waals surface area contributed by atoms with Crippen molar-refractivity contribution < 1.29 is 19.0 Å². The smallest absolute Gasteiger partial charge is 0.259 e. The molecule has 162 valence electrons. The van der Waals surface area contributed by atoms with E-state index in [1.165, 1.54) is 0 Å². The number of nitrogens with zero attached hydrogens (tertiary/aromatic N) is 4. The summed E-state index contributed by atoms with van der Waals surface area (Å²) >= 11 is 0. The van der Waals surface area contributed by atoms with Crippen LogP contribution in [0.4, 0.5) is 0 Å². The number of aryl methyl sites for hydroxylation is 2. The fraction of sp³-hybridized carbons (Fsp3) is 0.348. The van der Waals surface area contributed by atoms with E-state index in [-0.39, 0.29) is 5.91 Å². The van der Waals surface area contributed by atoms with Gasteiger partial charge in [-0.25, -0.2) is 9.50 Å². The van der Waals surface area contributed by atoms with Crippen molar-refractivity contribution in [3.8, 4) is 17.2 Å². The van der Waals surface area contributed by atoms with Crippen LogP contribution in [-0.4, -0.2) is 59.8 Å². The Morgan fingerprint density at radius 1 is 1.03 bits per heavy atom. The molecule has 0 bridgehead atoms. The normalized spacial score (nSPS) is 13.8. The summed E-state index contributed by atoms with van der Waals surface area (Å²) in [5, 5.41) is 4.35. The summed E-state index contributed by atoms with van der Waals surface area (Å²) in [6, 6.07) is 5.62. The second-order valence-corrected chi connectivity index (χ2v) is 7.47. The minimum Gasteiger partial charge on any atom is -0.496 e. The number of fused-ring (bicyclic) bond motifs is 1. The molecule has 0 aliphatic carbocycles. The monoisotopic (exact) mass is 422 g/mol. The first-order chi connectivity index (χ1) is 15.0. The average Bonchev–Trinajstić information content (AvgIpc) is 3.21. The van der Waals surface area contributed by atoms with Crippen molar-refractivity contribution >= 4 is 17.1 Å². The molecule has 0 fully saturated rings. The number of carbonyl (C=O) groups excluding carboxylic acids is 1. The van der Waals surface area contributed by atoms with Crippen LogP contribution in [0.5, 0.6) is 17.2 Å². The number of carbonyl (C=O) groups is 1. The Labute approximate surface area is 181 Å². The maximum Gasteiger partial charge on any atom is 0.259 e. The lowest BCUT2D eigenvalue weighted by atomic mass is 9.97. The van der Waals surface area contributed by atoms with Gasteiger partial charge in [-0.2, -0.15) is 5.10 Å². The van der Waals surface area contributed by atoms with Gasteiger partial charge in [0.25, 0.3) is 5.91 Å². The summed E-state index contributed by atoms with van der Waals surface area (Å²) in [6.07, 6.45) is 4.32. The van der Waals surface area contributed by atoms with Crippen molar-refractivity contribution in [3.63, 3.8) is 0 Å². The van der Waals surface area contributed by atoms with Crippen LogP contribution in [0, 0.1) is 13.8 Å². The third-order valence-corrected chi connectivity index (χ3v) is 5.54. The first-order valence-electron chi connectivity index (χ1n) is 10.1. The minimum atomic E-state index is -0.0727. The van der Waals surface area contributed by atoms with E-state index in [0.29, 0.717) is 48.0 Å². The molecule has 1 aliphatic heterocycles. The van der Waals surface area contributed by atoms with E-state index in [0.717, 1.165) is 22.5 Å². The van der Waals surface area contributed by atoms with E-state index in [4.69, 9.17) is 14.2 Å². The fourth-order valence-corrected chi connectivity index (χ4v) is 3.99. The quantitative estimate of drug-likeness (QED) is 0.628. The molecule has 2 aromatic heterocycles. The highest BCUT2D eigenvalue weighted by Gasteiger charge is 2.26. The molecule has 8 heteroatoms. The number of hydrogen-bond donors (Lipinski definition) is 0. The van der Waals surface area contributed by atoms with Gasteiger partial charge in [-0.1, -0.05) is 6.08 Å². The molecule has 1 amide bonds. The highest BCUT2D eigenvalue weighted by molar-refractivity contribution is 6.00. The van der Waals surface area contributed by atoms with Crippen LogP contribution in [0.1, 0.15) is 33.7 Å². The van der Waals surface area contributed by atoms with Gasteiger partial charge in [0.05, 0.1) is 33.1 Å². The summed E-state index contributed by atoms with van der Waals surface area (Å²) in [4.78, 5) is 19.5. The fourth-order valence-electron chi connectivity index (χ4n) is 3.99. The molecule has 0 atom stereocenters. The zero-order valence-electron chi connectivity index (χ0n) is 18.4. The van der Waals surface area contributed by atoms with Crippen LogP contribution in [-0.2, 0) is 0 Å². The molecule has 4 rings (SSSR count). The SMILES string of the molecule is COc1cc(OC)c(C2=CCN(C(=O)c3cnn4c(C)cc(C)nc34)CC2)c(OC)c1.